The van der Waals surface area contributed by atoms with Crippen LogP contribution < -0.4 is 9.47 Å². The molecular formula is C24H31NO6. The Balaban J connectivity index is 1.53. The summed E-state index contributed by atoms with van der Waals surface area (Å²) in [5.41, 5.74) is 3.18. The Morgan fingerprint density at radius 2 is 1.97 bits per heavy atom. The Hall–Kier alpha value is -2.80. The van der Waals surface area contributed by atoms with Crippen LogP contribution in [0.1, 0.15) is 47.6 Å². The zero-order valence-corrected chi connectivity index (χ0v) is 18.9. The Labute approximate surface area is 183 Å². The second-order valence-electron chi connectivity index (χ2n) is 8.44. The molecule has 0 atom stereocenters. The summed E-state index contributed by atoms with van der Waals surface area (Å²) in [5.74, 6) is 0.338. The van der Waals surface area contributed by atoms with Gasteiger partial charge in [0.1, 0.15) is 5.60 Å². The maximum Gasteiger partial charge on any atom is 0.344 e. The molecule has 0 saturated carbocycles. The molecule has 168 valence electrons. The molecule has 1 aromatic carbocycles. The summed E-state index contributed by atoms with van der Waals surface area (Å²) in [6, 6.07) is 7.45. The third kappa shape index (κ3) is 5.47. The first-order valence-electron chi connectivity index (χ1n) is 10.5. The number of methoxy groups -OCH3 is 1. The van der Waals surface area contributed by atoms with E-state index in [1.807, 2.05) is 45.9 Å². The van der Waals surface area contributed by atoms with Gasteiger partial charge in [0, 0.05) is 49.2 Å². The van der Waals surface area contributed by atoms with Crippen molar-refractivity contribution < 1.29 is 28.5 Å². The van der Waals surface area contributed by atoms with Gasteiger partial charge in [-0.15, -0.1) is 0 Å². The summed E-state index contributed by atoms with van der Waals surface area (Å²) in [5, 5.41) is 0. The van der Waals surface area contributed by atoms with E-state index in [9.17, 15) is 9.59 Å². The minimum Gasteiger partial charge on any atom is -0.483 e. The second-order valence-corrected chi connectivity index (χ2v) is 8.44. The maximum atomic E-state index is 12.6. The number of fused-ring (bicyclic) bond motifs is 1. The van der Waals surface area contributed by atoms with Gasteiger partial charge in [-0.25, -0.2) is 4.79 Å². The molecule has 1 aromatic heterocycles. The number of hydrogen-bond donors (Lipinski definition) is 0. The van der Waals surface area contributed by atoms with Crippen LogP contribution in [0, 0.1) is 13.8 Å². The van der Waals surface area contributed by atoms with Crippen molar-refractivity contribution in [3.63, 3.8) is 0 Å². The first-order valence-corrected chi connectivity index (χ1v) is 10.5. The molecule has 1 aliphatic rings. The van der Waals surface area contributed by atoms with Gasteiger partial charge in [-0.1, -0.05) is 12.1 Å². The smallest absolute Gasteiger partial charge is 0.344 e. The number of aromatic nitrogens is 1. The highest BCUT2D eigenvalue weighted by atomic mass is 16.6. The number of rotatable bonds is 10. The Kier molecular flexibility index (Phi) is 7.05. The Morgan fingerprint density at radius 3 is 2.71 bits per heavy atom. The minimum absolute atomic E-state index is 0.231. The zero-order chi connectivity index (χ0) is 22.6. The molecule has 0 unspecified atom stereocenters. The summed E-state index contributed by atoms with van der Waals surface area (Å²) in [7, 11) is 1.67. The van der Waals surface area contributed by atoms with E-state index >= 15 is 0 Å². The van der Waals surface area contributed by atoms with Crippen molar-refractivity contribution in [1.82, 2.24) is 4.57 Å². The molecule has 7 nitrogen and oxygen atoms in total. The minimum atomic E-state index is -0.600. The highest BCUT2D eigenvalue weighted by Crippen LogP contribution is 2.41. The van der Waals surface area contributed by atoms with E-state index < -0.39 is 5.97 Å². The molecule has 31 heavy (non-hydrogen) atoms. The maximum absolute atomic E-state index is 12.6. The highest BCUT2D eigenvalue weighted by Gasteiger charge is 2.32. The van der Waals surface area contributed by atoms with Crippen LogP contribution in [0.4, 0.5) is 0 Å². The largest absolute Gasteiger partial charge is 0.483 e. The quantitative estimate of drug-likeness (QED) is 0.326. The number of hydrogen-bond acceptors (Lipinski definition) is 6. The van der Waals surface area contributed by atoms with Gasteiger partial charge in [-0.2, -0.15) is 0 Å². The molecule has 0 bridgehead atoms. The summed E-state index contributed by atoms with van der Waals surface area (Å²) >= 11 is 0. The van der Waals surface area contributed by atoms with Crippen molar-refractivity contribution in [2.24, 2.45) is 0 Å². The van der Waals surface area contributed by atoms with Gasteiger partial charge >= 0.3 is 5.97 Å². The lowest BCUT2D eigenvalue weighted by molar-refractivity contribution is -0.144. The molecule has 3 rings (SSSR count). The fourth-order valence-electron chi connectivity index (χ4n) is 3.90. The molecule has 0 fully saturated rings. The van der Waals surface area contributed by atoms with Crippen molar-refractivity contribution >= 4 is 11.8 Å². The van der Waals surface area contributed by atoms with Gasteiger partial charge < -0.3 is 23.5 Å². The summed E-state index contributed by atoms with van der Waals surface area (Å²) < 4.78 is 23.9. The van der Waals surface area contributed by atoms with E-state index in [0.29, 0.717) is 23.7 Å². The standard InChI is InChI=1S/C24H31NO6/c1-16-12-19(17(2)25(16)10-7-11-28-5)20(26)14-30-22(27)15-29-21-9-6-8-18-13-24(3,4)31-23(18)21/h6,8-9,12H,7,10-11,13-15H2,1-5H3. The number of para-hydroxylation sites is 1. The summed E-state index contributed by atoms with van der Waals surface area (Å²) in [4.78, 5) is 24.7. The lowest BCUT2D eigenvalue weighted by Gasteiger charge is -2.18. The third-order valence-corrected chi connectivity index (χ3v) is 5.37. The van der Waals surface area contributed by atoms with Crippen LogP contribution in [0.2, 0.25) is 0 Å². The monoisotopic (exact) mass is 429 g/mol. The average Bonchev–Trinajstić information content (AvgIpc) is 3.19. The fraction of sp³-hybridized carbons (Fsp3) is 0.500. The van der Waals surface area contributed by atoms with Crippen molar-refractivity contribution in [3.05, 3.63) is 46.8 Å². The molecule has 0 radical (unpaired) electrons. The number of ketones is 1. The van der Waals surface area contributed by atoms with Crippen LogP contribution in [0.25, 0.3) is 0 Å². The van der Waals surface area contributed by atoms with Crippen molar-refractivity contribution in [2.75, 3.05) is 26.9 Å². The topological polar surface area (TPSA) is 76.0 Å². The number of carbonyl (C=O) groups excluding carboxylic acids is 2. The van der Waals surface area contributed by atoms with Crippen molar-refractivity contribution in [3.8, 4) is 11.5 Å². The molecule has 0 saturated heterocycles. The van der Waals surface area contributed by atoms with Crippen LogP contribution in [0.5, 0.6) is 11.5 Å². The highest BCUT2D eigenvalue weighted by molar-refractivity contribution is 5.99. The number of carbonyl (C=O) groups is 2. The van der Waals surface area contributed by atoms with Gasteiger partial charge in [-0.05, 0) is 46.2 Å². The van der Waals surface area contributed by atoms with E-state index in [-0.39, 0.29) is 24.6 Å². The predicted octanol–water partition coefficient (Wildman–Crippen LogP) is 3.66. The van der Waals surface area contributed by atoms with Crippen LogP contribution in [-0.2, 0) is 27.2 Å². The van der Waals surface area contributed by atoms with Crippen molar-refractivity contribution in [1.29, 1.82) is 0 Å². The summed E-state index contributed by atoms with van der Waals surface area (Å²) in [6.07, 6.45) is 1.64. The molecular weight excluding hydrogens is 398 g/mol. The second kappa shape index (κ2) is 9.56. The van der Waals surface area contributed by atoms with Gasteiger partial charge in [0.2, 0.25) is 5.78 Å². The van der Waals surface area contributed by atoms with Crippen molar-refractivity contribution in [2.45, 2.75) is 52.7 Å². The van der Waals surface area contributed by atoms with Crippen LogP contribution in [0.3, 0.4) is 0 Å². The van der Waals surface area contributed by atoms with Crippen LogP contribution >= 0.6 is 0 Å². The first-order chi connectivity index (χ1) is 14.7. The molecule has 2 heterocycles. The average molecular weight is 430 g/mol. The summed E-state index contributed by atoms with van der Waals surface area (Å²) in [6.45, 7) is 8.69. The van der Waals surface area contributed by atoms with E-state index in [1.54, 1.807) is 13.2 Å². The number of nitrogens with zero attached hydrogens (tertiary/aromatic N) is 1. The first kappa shape index (κ1) is 22.9. The molecule has 0 spiro atoms. The number of aryl methyl sites for hydroxylation is 1. The van der Waals surface area contributed by atoms with Crippen LogP contribution in [0.15, 0.2) is 24.3 Å². The molecule has 0 N–H and O–H groups in total. The normalized spacial score (nSPS) is 14.1. The SMILES string of the molecule is COCCCn1c(C)cc(C(=O)COC(=O)COc2cccc3c2OC(C)(C)C3)c1C. The van der Waals surface area contributed by atoms with E-state index in [4.69, 9.17) is 18.9 Å². The van der Waals surface area contributed by atoms with Crippen LogP contribution in [-0.4, -0.2) is 48.9 Å². The molecule has 0 aliphatic carbocycles. The van der Waals surface area contributed by atoms with E-state index in [2.05, 4.69) is 4.57 Å². The fourth-order valence-corrected chi connectivity index (χ4v) is 3.90. The van der Waals surface area contributed by atoms with E-state index in [1.165, 1.54) is 0 Å². The number of esters is 1. The lowest BCUT2D eigenvalue weighted by atomic mass is 10.0. The lowest BCUT2D eigenvalue weighted by Crippen LogP contribution is -2.25. The third-order valence-electron chi connectivity index (χ3n) is 5.37. The van der Waals surface area contributed by atoms with Gasteiger partial charge in [0.15, 0.2) is 24.7 Å². The zero-order valence-electron chi connectivity index (χ0n) is 18.9. The number of benzene rings is 1. The van der Waals surface area contributed by atoms with E-state index in [0.717, 1.165) is 36.3 Å². The Morgan fingerprint density at radius 1 is 1.19 bits per heavy atom. The molecule has 1 aliphatic heterocycles. The van der Waals surface area contributed by atoms with Gasteiger partial charge in [0.05, 0.1) is 0 Å². The van der Waals surface area contributed by atoms with Gasteiger partial charge in [-0.3, -0.25) is 4.79 Å². The number of Topliss-reactive ketones (excluding diaryl/α,β-unsaturated/α-hetero) is 1. The molecule has 7 heteroatoms. The van der Waals surface area contributed by atoms with Gasteiger partial charge in [0.25, 0.3) is 0 Å². The Bertz CT molecular complexity index is 959. The number of ether oxygens (including phenoxy) is 4. The molecule has 0 amide bonds. The predicted molar refractivity (Wildman–Crippen MR) is 116 cm³/mol. The molecule has 2 aromatic rings.